The summed E-state index contributed by atoms with van der Waals surface area (Å²) in [7, 11) is 1.66. The zero-order valence-corrected chi connectivity index (χ0v) is 11.7. The number of nitrogens with zero attached hydrogens (tertiary/aromatic N) is 1. The number of benzene rings is 1. The van der Waals surface area contributed by atoms with E-state index in [4.69, 9.17) is 15.2 Å². The topological polar surface area (TPSA) is 47.7 Å². The summed E-state index contributed by atoms with van der Waals surface area (Å²) in [6.07, 6.45) is 3.95. The summed E-state index contributed by atoms with van der Waals surface area (Å²) < 4.78 is 11.1. The molecule has 1 aliphatic rings. The van der Waals surface area contributed by atoms with Crippen LogP contribution in [0.25, 0.3) is 0 Å². The highest BCUT2D eigenvalue weighted by Crippen LogP contribution is 2.27. The van der Waals surface area contributed by atoms with Gasteiger partial charge >= 0.3 is 0 Å². The Bertz CT molecular complexity index is 380. The van der Waals surface area contributed by atoms with Gasteiger partial charge in [-0.05, 0) is 25.0 Å². The van der Waals surface area contributed by atoms with Gasteiger partial charge in [-0.2, -0.15) is 0 Å². The van der Waals surface area contributed by atoms with Crippen molar-refractivity contribution in [3.8, 4) is 11.5 Å². The predicted octanol–water partition coefficient (Wildman–Crippen LogP) is 1.89. The first kappa shape index (κ1) is 14.2. The molecule has 0 amide bonds. The molecule has 1 aromatic carbocycles. The van der Waals surface area contributed by atoms with Crippen molar-refractivity contribution in [2.45, 2.75) is 25.3 Å². The van der Waals surface area contributed by atoms with E-state index in [0.717, 1.165) is 24.6 Å². The molecule has 0 aromatic heterocycles. The van der Waals surface area contributed by atoms with Gasteiger partial charge in [0.2, 0.25) is 0 Å². The van der Waals surface area contributed by atoms with Gasteiger partial charge in [0.15, 0.2) is 11.5 Å². The fraction of sp³-hybridized carbons (Fsp3) is 0.600. The van der Waals surface area contributed by atoms with Crippen molar-refractivity contribution in [2.24, 2.45) is 5.73 Å². The van der Waals surface area contributed by atoms with Crippen LogP contribution in [-0.4, -0.2) is 44.3 Å². The van der Waals surface area contributed by atoms with Crippen LogP contribution in [0, 0.1) is 0 Å². The SMILES string of the molecule is COc1ccccc1OCCN(CCN)C1CCC1. The van der Waals surface area contributed by atoms with Crippen molar-refractivity contribution in [1.29, 1.82) is 0 Å². The number of methoxy groups -OCH3 is 1. The highest BCUT2D eigenvalue weighted by atomic mass is 16.5. The van der Waals surface area contributed by atoms with Crippen molar-refractivity contribution in [2.75, 3.05) is 33.4 Å². The van der Waals surface area contributed by atoms with Gasteiger partial charge < -0.3 is 15.2 Å². The molecule has 1 fully saturated rings. The summed E-state index contributed by atoms with van der Waals surface area (Å²) in [6, 6.07) is 8.47. The molecule has 2 N–H and O–H groups in total. The van der Waals surface area contributed by atoms with Crippen LogP contribution in [0.15, 0.2) is 24.3 Å². The third-order valence-corrected chi connectivity index (χ3v) is 3.71. The van der Waals surface area contributed by atoms with E-state index in [1.807, 2.05) is 24.3 Å². The molecule has 0 saturated heterocycles. The van der Waals surface area contributed by atoms with Crippen LogP contribution >= 0.6 is 0 Å². The Morgan fingerprint density at radius 1 is 1.21 bits per heavy atom. The molecule has 4 heteroatoms. The first-order chi connectivity index (χ1) is 9.35. The first-order valence-corrected chi connectivity index (χ1v) is 7.05. The maximum atomic E-state index is 5.82. The highest BCUT2D eigenvalue weighted by Gasteiger charge is 2.24. The average Bonchev–Trinajstić information content (AvgIpc) is 2.37. The molecule has 0 atom stereocenters. The molecule has 1 saturated carbocycles. The fourth-order valence-corrected chi connectivity index (χ4v) is 2.41. The zero-order chi connectivity index (χ0) is 13.5. The minimum atomic E-state index is 0.677. The van der Waals surface area contributed by atoms with Crippen molar-refractivity contribution >= 4 is 0 Å². The van der Waals surface area contributed by atoms with E-state index in [0.29, 0.717) is 19.2 Å². The van der Waals surface area contributed by atoms with Crippen molar-refractivity contribution in [3.63, 3.8) is 0 Å². The normalized spacial score (nSPS) is 15.3. The standard InChI is InChI=1S/C15H24N2O2/c1-18-14-7-2-3-8-15(14)19-12-11-17(10-9-16)13-5-4-6-13/h2-3,7-8,13H,4-6,9-12,16H2,1H3. The molecule has 0 unspecified atom stereocenters. The third-order valence-electron chi connectivity index (χ3n) is 3.71. The van der Waals surface area contributed by atoms with Crippen LogP contribution in [-0.2, 0) is 0 Å². The third kappa shape index (κ3) is 3.85. The Balaban J connectivity index is 1.80. The van der Waals surface area contributed by atoms with E-state index >= 15 is 0 Å². The summed E-state index contributed by atoms with van der Waals surface area (Å²) in [5.41, 5.74) is 5.67. The lowest BCUT2D eigenvalue weighted by Crippen LogP contribution is -2.44. The maximum Gasteiger partial charge on any atom is 0.161 e. The summed E-state index contributed by atoms with van der Waals surface area (Å²) in [5, 5.41) is 0. The smallest absolute Gasteiger partial charge is 0.161 e. The van der Waals surface area contributed by atoms with E-state index < -0.39 is 0 Å². The molecule has 1 aromatic rings. The van der Waals surface area contributed by atoms with Crippen molar-refractivity contribution in [3.05, 3.63) is 24.3 Å². The minimum Gasteiger partial charge on any atom is -0.493 e. The van der Waals surface area contributed by atoms with Crippen LogP contribution < -0.4 is 15.2 Å². The molecule has 0 radical (unpaired) electrons. The van der Waals surface area contributed by atoms with Gasteiger partial charge in [0, 0.05) is 25.7 Å². The molecule has 1 aliphatic carbocycles. The number of hydrogen-bond donors (Lipinski definition) is 1. The zero-order valence-electron chi connectivity index (χ0n) is 11.7. The summed E-state index contributed by atoms with van der Waals surface area (Å²) in [5.74, 6) is 1.60. The van der Waals surface area contributed by atoms with Gasteiger partial charge in [-0.25, -0.2) is 0 Å². The second kappa shape index (κ2) is 7.36. The number of hydrogen-bond acceptors (Lipinski definition) is 4. The van der Waals surface area contributed by atoms with Gasteiger partial charge in [-0.15, -0.1) is 0 Å². The largest absolute Gasteiger partial charge is 0.493 e. The van der Waals surface area contributed by atoms with Crippen LogP contribution in [0.1, 0.15) is 19.3 Å². The van der Waals surface area contributed by atoms with Gasteiger partial charge in [0.1, 0.15) is 6.61 Å². The van der Waals surface area contributed by atoms with Crippen LogP contribution in [0.2, 0.25) is 0 Å². The minimum absolute atomic E-state index is 0.677. The van der Waals surface area contributed by atoms with E-state index in [9.17, 15) is 0 Å². The summed E-state index contributed by atoms with van der Waals surface area (Å²) >= 11 is 0. The Morgan fingerprint density at radius 2 is 1.95 bits per heavy atom. The average molecular weight is 264 g/mol. The van der Waals surface area contributed by atoms with E-state index in [-0.39, 0.29) is 0 Å². The van der Waals surface area contributed by atoms with Crippen LogP contribution in [0.4, 0.5) is 0 Å². The van der Waals surface area contributed by atoms with E-state index in [1.165, 1.54) is 19.3 Å². The lowest BCUT2D eigenvalue weighted by Gasteiger charge is -2.37. The summed E-state index contributed by atoms with van der Waals surface area (Å²) in [6.45, 7) is 3.28. The number of para-hydroxylation sites is 2. The molecule has 19 heavy (non-hydrogen) atoms. The van der Waals surface area contributed by atoms with Crippen LogP contribution in [0.5, 0.6) is 11.5 Å². The molecule has 0 bridgehead atoms. The second-order valence-electron chi connectivity index (χ2n) is 4.91. The second-order valence-corrected chi connectivity index (χ2v) is 4.91. The number of nitrogens with two attached hydrogens (primary N) is 1. The number of ether oxygens (including phenoxy) is 2. The Labute approximate surface area is 115 Å². The molecule has 0 aliphatic heterocycles. The molecular formula is C15H24N2O2. The first-order valence-electron chi connectivity index (χ1n) is 7.05. The predicted molar refractivity (Wildman–Crippen MR) is 76.8 cm³/mol. The molecule has 2 rings (SSSR count). The quantitative estimate of drug-likeness (QED) is 0.779. The number of rotatable bonds is 8. The van der Waals surface area contributed by atoms with E-state index in [1.54, 1.807) is 7.11 Å². The Hall–Kier alpha value is -1.26. The molecule has 4 nitrogen and oxygen atoms in total. The van der Waals surface area contributed by atoms with Crippen LogP contribution in [0.3, 0.4) is 0 Å². The Kier molecular flexibility index (Phi) is 5.48. The van der Waals surface area contributed by atoms with Gasteiger partial charge in [0.05, 0.1) is 7.11 Å². The fourth-order valence-electron chi connectivity index (χ4n) is 2.41. The van der Waals surface area contributed by atoms with Crippen molar-refractivity contribution in [1.82, 2.24) is 4.90 Å². The summed E-state index contributed by atoms with van der Waals surface area (Å²) in [4.78, 5) is 2.44. The van der Waals surface area contributed by atoms with Gasteiger partial charge in [-0.3, -0.25) is 4.90 Å². The molecule has 0 spiro atoms. The van der Waals surface area contributed by atoms with Crippen molar-refractivity contribution < 1.29 is 9.47 Å². The lowest BCUT2D eigenvalue weighted by atomic mass is 9.91. The molecule has 106 valence electrons. The maximum absolute atomic E-state index is 5.82. The molecular weight excluding hydrogens is 240 g/mol. The lowest BCUT2D eigenvalue weighted by molar-refractivity contribution is 0.109. The van der Waals surface area contributed by atoms with Gasteiger partial charge in [0.25, 0.3) is 0 Å². The van der Waals surface area contributed by atoms with E-state index in [2.05, 4.69) is 4.90 Å². The Morgan fingerprint density at radius 3 is 2.53 bits per heavy atom. The molecule has 0 heterocycles. The van der Waals surface area contributed by atoms with Gasteiger partial charge in [-0.1, -0.05) is 18.6 Å². The highest BCUT2D eigenvalue weighted by molar-refractivity contribution is 5.39. The monoisotopic (exact) mass is 264 g/mol.